The summed E-state index contributed by atoms with van der Waals surface area (Å²) in [6, 6.07) is 0.0433. The minimum atomic E-state index is -0.119. The lowest BCUT2D eigenvalue weighted by Crippen LogP contribution is -2.35. The van der Waals surface area contributed by atoms with E-state index in [1.807, 2.05) is 0 Å². The van der Waals surface area contributed by atoms with Crippen molar-refractivity contribution in [1.82, 2.24) is 24.0 Å². The van der Waals surface area contributed by atoms with Crippen LogP contribution in [0.2, 0.25) is 5.28 Å². The summed E-state index contributed by atoms with van der Waals surface area (Å²) in [4.78, 5) is 22.2. The molecule has 1 aliphatic rings. The number of hydrogen-bond acceptors (Lipinski definition) is 5. The maximum Gasteiger partial charge on any atom is 0.330 e. The second kappa shape index (κ2) is 4.80. The Labute approximate surface area is 120 Å². The summed E-state index contributed by atoms with van der Waals surface area (Å²) < 4.78 is 3.21. The fourth-order valence-corrected chi connectivity index (χ4v) is 2.80. The van der Waals surface area contributed by atoms with Gasteiger partial charge in [-0.05, 0) is 24.4 Å². The zero-order chi connectivity index (χ0) is 14.3. The molecule has 7 nitrogen and oxygen atoms in total. The van der Waals surface area contributed by atoms with Crippen molar-refractivity contribution in [2.24, 2.45) is 7.05 Å². The van der Waals surface area contributed by atoms with Crippen LogP contribution in [-0.4, -0.2) is 37.1 Å². The summed E-state index contributed by atoms with van der Waals surface area (Å²) in [7, 11) is 1.70. The van der Waals surface area contributed by atoms with Gasteiger partial charge < -0.3 is 4.90 Å². The van der Waals surface area contributed by atoms with Gasteiger partial charge >= 0.3 is 5.69 Å². The van der Waals surface area contributed by atoms with E-state index in [-0.39, 0.29) is 17.0 Å². The summed E-state index contributed by atoms with van der Waals surface area (Å²) >= 11 is 5.84. The Hall–Kier alpha value is -2.07. The summed E-state index contributed by atoms with van der Waals surface area (Å²) in [5, 5.41) is 9.01. The lowest BCUT2D eigenvalue weighted by atomic mass is 10.1. The van der Waals surface area contributed by atoms with E-state index in [1.165, 1.54) is 4.57 Å². The molecule has 0 radical (unpaired) electrons. The molecule has 2 aromatic heterocycles. The molecule has 3 heterocycles. The monoisotopic (exact) mass is 292 g/mol. The highest BCUT2D eigenvalue weighted by atomic mass is 35.5. The third-order valence-electron chi connectivity index (χ3n) is 3.77. The van der Waals surface area contributed by atoms with Gasteiger partial charge in [-0.15, -0.1) is 0 Å². The first kappa shape index (κ1) is 12.9. The third-order valence-corrected chi connectivity index (χ3v) is 3.96. The van der Waals surface area contributed by atoms with Gasteiger partial charge in [0.15, 0.2) is 11.8 Å². The third kappa shape index (κ3) is 1.93. The Kier molecular flexibility index (Phi) is 3.10. The Bertz CT molecular complexity index is 750. The maximum absolute atomic E-state index is 12.4. The molecule has 3 rings (SSSR count). The van der Waals surface area contributed by atoms with Crippen LogP contribution >= 0.6 is 11.6 Å². The molecule has 1 aliphatic heterocycles. The van der Waals surface area contributed by atoms with Crippen LogP contribution in [0.5, 0.6) is 0 Å². The molecule has 0 saturated carbocycles. The van der Waals surface area contributed by atoms with Crippen molar-refractivity contribution in [3.63, 3.8) is 0 Å². The SMILES string of the molecule is Cn1c(=O)n(C2CCN(C#N)CC2)c2nc(Cl)ncc21. The molecule has 0 aromatic carbocycles. The second-order valence-electron chi connectivity index (χ2n) is 4.88. The molecular formula is C12H13ClN6O. The molecule has 8 heteroatoms. The Morgan fingerprint density at radius 3 is 2.80 bits per heavy atom. The maximum atomic E-state index is 12.4. The highest BCUT2D eigenvalue weighted by Gasteiger charge is 2.25. The smallest absolute Gasteiger partial charge is 0.310 e. The molecule has 104 valence electrons. The molecule has 0 atom stereocenters. The number of nitrogens with zero attached hydrogens (tertiary/aromatic N) is 6. The minimum absolute atomic E-state index is 0.0433. The van der Waals surface area contributed by atoms with Crippen LogP contribution in [-0.2, 0) is 7.05 Å². The van der Waals surface area contributed by atoms with Crippen LogP contribution in [0.3, 0.4) is 0 Å². The number of aryl methyl sites for hydroxylation is 1. The van der Waals surface area contributed by atoms with E-state index in [9.17, 15) is 4.79 Å². The molecule has 2 aromatic rings. The van der Waals surface area contributed by atoms with Crippen LogP contribution < -0.4 is 5.69 Å². The normalized spacial score (nSPS) is 16.6. The van der Waals surface area contributed by atoms with E-state index >= 15 is 0 Å². The van der Waals surface area contributed by atoms with Gasteiger partial charge in [0, 0.05) is 26.2 Å². The molecular weight excluding hydrogens is 280 g/mol. The van der Waals surface area contributed by atoms with Gasteiger partial charge in [-0.2, -0.15) is 10.2 Å². The second-order valence-corrected chi connectivity index (χ2v) is 5.22. The van der Waals surface area contributed by atoms with Crippen molar-refractivity contribution < 1.29 is 0 Å². The topological polar surface area (TPSA) is 79.7 Å². The molecule has 1 fully saturated rings. The van der Waals surface area contributed by atoms with Crippen LogP contribution in [0.25, 0.3) is 11.2 Å². The number of halogens is 1. The van der Waals surface area contributed by atoms with Gasteiger partial charge in [-0.3, -0.25) is 9.13 Å². The number of nitriles is 1. The molecule has 0 N–H and O–H groups in total. The summed E-state index contributed by atoms with van der Waals surface area (Å²) in [6.45, 7) is 1.31. The van der Waals surface area contributed by atoms with E-state index in [4.69, 9.17) is 16.9 Å². The Balaban J connectivity index is 2.08. The molecule has 0 amide bonds. The van der Waals surface area contributed by atoms with Gasteiger partial charge in [-0.1, -0.05) is 0 Å². The van der Waals surface area contributed by atoms with Gasteiger partial charge in [0.1, 0.15) is 5.52 Å². The van der Waals surface area contributed by atoms with Gasteiger partial charge in [-0.25, -0.2) is 9.78 Å². The molecule has 1 saturated heterocycles. The van der Waals surface area contributed by atoms with E-state index < -0.39 is 0 Å². The largest absolute Gasteiger partial charge is 0.330 e. The van der Waals surface area contributed by atoms with E-state index in [1.54, 1.807) is 22.7 Å². The van der Waals surface area contributed by atoms with Crippen LogP contribution in [0.1, 0.15) is 18.9 Å². The average Bonchev–Trinajstić information content (AvgIpc) is 2.71. The van der Waals surface area contributed by atoms with E-state index in [0.717, 1.165) is 12.8 Å². The number of hydrogen-bond donors (Lipinski definition) is 0. The molecule has 0 unspecified atom stereocenters. The summed E-state index contributed by atoms with van der Waals surface area (Å²) in [6.07, 6.45) is 5.19. The quantitative estimate of drug-likeness (QED) is 0.576. The van der Waals surface area contributed by atoms with Crippen molar-refractivity contribution in [2.75, 3.05) is 13.1 Å². The van der Waals surface area contributed by atoms with Crippen LogP contribution in [0.15, 0.2) is 11.0 Å². The first-order chi connectivity index (χ1) is 9.61. The minimum Gasteiger partial charge on any atom is -0.310 e. The van der Waals surface area contributed by atoms with Crippen LogP contribution in [0.4, 0.5) is 0 Å². The summed E-state index contributed by atoms with van der Waals surface area (Å²) in [5.74, 6) is 0. The number of likely N-dealkylation sites (tertiary alicyclic amines) is 1. The van der Waals surface area contributed by atoms with Crippen molar-refractivity contribution in [3.8, 4) is 6.19 Å². The fraction of sp³-hybridized carbons (Fsp3) is 0.500. The van der Waals surface area contributed by atoms with Crippen molar-refractivity contribution in [2.45, 2.75) is 18.9 Å². The van der Waals surface area contributed by atoms with Crippen molar-refractivity contribution in [1.29, 1.82) is 5.26 Å². The number of fused-ring (bicyclic) bond motifs is 1. The van der Waals surface area contributed by atoms with Gasteiger partial charge in [0.25, 0.3) is 0 Å². The summed E-state index contributed by atoms with van der Waals surface area (Å²) in [5.41, 5.74) is 1.11. The molecule has 20 heavy (non-hydrogen) atoms. The molecule has 0 spiro atoms. The zero-order valence-corrected chi connectivity index (χ0v) is 11.7. The Morgan fingerprint density at radius 2 is 2.15 bits per heavy atom. The lowest BCUT2D eigenvalue weighted by Gasteiger charge is -2.28. The average molecular weight is 293 g/mol. The van der Waals surface area contributed by atoms with Crippen molar-refractivity contribution >= 4 is 22.8 Å². The van der Waals surface area contributed by atoms with Gasteiger partial charge in [0.05, 0.1) is 6.20 Å². The Morgan fingerprint density at radius 1 is 1.45 bits per heavy atom. The number of aromatic nitrogens is 4. The zero-order valence-electron chi connectivity index (χ0n) is 11.0. The first-order valence-corrected chi connectivity index (χ1v) is 6.73. The fourth-order valence-electron chi connectivity index (χ4n) is 2.67. The number of imidazole rings is 1. The standard InChI is InChI=1S/C12H13ClN6O/c1-17-9-6-15-11(13)16-10(9)19(12(17)20)8-2-4-18(7-14)5-3-8/h6,8H,2-5H2,1H3. The number of rotatable bonds is 1. The van der Waals surface area contributed by atoms with Gasteiger partial charge in [0.2, 0.25) is 5.28 Å². The van der Waals surface area contributed by atoms with Crippen molar-refractivity contribution in [3.05, 3.63) is 22.0 Å². The van der Waals surface area contributed by atoms with E-state index in [0.29, 0.717) is 24.3 Å². The molecule has 0 aliphatic carbocycles. The predicted octanol–water partition coefficient (Wildman–Crippen LogP) is 0.901. The lowest BCUT2D eigenvalue weighted by molar-refractivity contribution is 0.252. The first-order valence-electron chi connectivity index (χ1n) is 6.36. The highest BCUT2D eigenvalue weighted by molar-refractivity contribution is 6.28. The predicted molar refractivity (Wildman–Crippen MR) is 73.2 cm³/mol. The number of piperidine rings is 1. The van der Waals surface area contributed by atoms with Crippen LogP contribution in [0, 0.1) is 11.5 Å². The van der Waals surface area contributed by atoms with E-state index in [2.05, 4.69) is 16.2 Å². The molecule has 0 bridgehead atoms. The highest BCUT2D eigenvalue weighted by Crippen LogP contribution is 2.24.